The van der Waals surface area contributed by atoms with Crippen molar-refractivity contribution in [2.45, 2.75) is 0 Å². The van der Waals surface area contributed by atoms with Gasteiger partial charge in [0, 0.05) is 5.56 Å². The molecule has 4 heteroatoms. The van der Waals surface area contributed by atoms with Crippen molar-refractivity contribution in [3.8, 4) is 0 Å². The summed E-state index contributed by atoms with van der Waals surface area (Å²) in [7, 11) is 1.27. The highest BCUT2D eigenvalue weighted by Gasteiger charge is 2.15. The van der Waals surface area contributed by atoms with Crippen molar-refractivity contribution in [2.75, 3.05) is 7.11 Å². The number of benzene rings is 1. The van der Waals surface area contributed by atoms with Gasteiger partial charge in [-0.3, -0.25) is 4.99 Å². The Morgan fingerprint density at radius 1 is 1.47 bits per heavy atom. The standard InChI is InChI=1S/C11H11NO3/c1-7(13)8-5-4-6-9(10(8)12-2)11(14)15-3/h4-6,13H,1-2H2,3H3. The van der Waals surface area contributed by atoms with Crippen LogP contribution in [-0.4, -0.2) is 24.9 Å². The number of aliphatic hydroxyl groups is 1. The molecule has 0 aliphatic rings. The minimum Gasteiger partial charge on any atom is -0.508 e. The molecule has 0 radical (unpaired) electrons. The third-order valence-corrected chi connectivity index (χ3v) is 1.91. The van der Waals surface area contributed by atoms with Gasteiger partial charge in [0.2, 0.25) is 0 Å². The molecule has 1 aromatic carbocycles. The molecule has 4 nitrogen and oxygen atoms in total. The largest absolute Gasteiger partial charge is 0.508 e. The van der Waals surface area contributed by atoms with Crippen molar-refractivity contribution in [1.29, 1.82) is 0 Å². The van der Waals surface area contributed by atoms with E-state index in [1.807, 2.05) is 0 Å². The number of aliphatic hydroxyl groups excluding tert-OH is 1. The maximum absolute atomic E-state index is 11.3. The number of carbonyl (C=O) groups excluding carboxylic acids is 1. The van der Waals surface area contributed by atoms with Crippen LogP contribution in [0.25, 0.3) is 5.76 Å². The molecule has 0 saturated heterocycles. The Balaban J connectivity index is 3.41. The second kappa shape index (κ2) is 4.41. The third kappa shape index (κ3) is 2.04. The van der Waals surface area contributed by atoms with Gasteiger partial charge >= 0.3 is 5.97 Å². The molecule has 0 aromatic heterocycles. The van der Waals surface area contributed by atoms with Crippen molar-refractivity contribution < 1.29 is 14.6 Å². The van der Waals surface area contributed by atoms with Crippen LogP contribution in [0.15, 0.2) is 29.8 Å². The summed E-state index contributed by atoms with van der Waals surface area (Å²) in [6, 6.07) is 4.75. The molecule has 1 N–H and O–H groups in total. The molecule has 0 aliphatic carbocycles. The molecular weight excluding hydrogens is 194 g/mol. The molecule has 0 spiro atoms. The van der Waals surface area contributed by atoms with E-state index in [2.05, 4.69) is 23.0 Å². The fraction of sp³-hybridized carbons (Fsp3) is 0.0909. The molecule has 0 heterocycles. The van der Waals surface area contributed by atoms with Crippen LogP contribution < -0.4 is 0 Å². The predicted octanol–water partition coefficient (Wildman–Crippen LogP) is 2.33. The van der Waals surface area contributed by atoms with E-state index in [4.69, 9.17) is 0 Å². The SMILES string of the molecule is C=Nc1c(C(=C)O)cccc1C(=O)OC. The first kappa shape index (κ1) is 11.0. The van der Waals surface area contributed by atoms with Gasteiger partial charge in [-0.1, -0.05) is 12.6 Å². The Morgan fingerprint density at radius 3 is 2.53 bits per heavy atom. The Morgan fingerprint density at radius 2 is 2.07 bits per heavy atom. The molecule has 0 amide bonds. The molecule has 15 heavy (non-hydrogen) atoms. The average Bonchev–Trinajstić information content (AvgIpc) is 2.26. The second-order valence-corrected chi connectivity index (χ2v) is 2.80. The van der Waals surface area contributed by atoms with E-state index in [9.17, 15) is 9.90 Å². The molecule has 0 saturated carbocycles. The highest BCUT2D eigenvalue weighted by Crippen LogP contribution is 2.28. The fourth-order valence-corrected chi connectivity index (χ4v) is 1.22. The van der Waals surface area contributed by atoms with Crippen LogP contribution >= 0.6 is 0 Å². The maximum atomic E-state index is 11.3. The summed E-state index contributed by atoms with van der Waals surface area (Å²) < 4.78 is 4.58. The van der Waals surface area contributed by atoms with E-state index in [-0.39, 0.29) is 17.0 Å². The molecule has 0 unspecified atom stereocenters. The maximum Gasteiger partial charge on any atom is 0.340 e. The van der Waals surface area contributed by atoms with Gasteiger partial charge in [0.05, 0.1) is 18.4 Å². The lowest BCUT2D eigenvalue weighted by Gasteiger charge is -2.07. The topological polar surface area (TPSA) is 58.9 Å². The molecule has 1 aromatic rings. The summed E-state index contributed by atoms with van der Waals surface area (Å²) in [4.78, 5) is 15.0. The van der Waals surface area contributed by atoms with Crippen molar-refractivity contribution in [3.05, 3.63) is 35.9 Å². The van der Waals surface area contributed by atoms with Crippen LogP contribution in [0.4, 0.5) is 5.69 Å². The van der Waals surface area contributed by atoms with Crippen LogP contribution in [0.5, 0.6) is 0 Å². The Kier molecular flexibility index (Phi) is 3.23. The van der Waals surface area contributed by atoms with Gasteiger partial charge < -0.3 is 9.84 Å². The quantitative estimate of drug-likeness (QED) is 0.468. The van der Waals surface area contributed by atoms with Gasteiger partial charge in [-0.2, -0.15) is 0 Å². The van der Waals surface area contributed by atoms with Gasteiger partial charge in [-0.25, -0.2) is 4.79 Å². The predicted molar refractivity (Wildman–Crippen MR) is 58.7 cm³/mol. The zero-order chi connectivity index (χ0) is 11.4. The van der Waals surface area contributed by atoms with E-state index in [1.165, 1.54) is 7.11 Å². The van der Waals surface area contributed by atoms with Crippen molar-refractivity contribution >= 4 is 24.1 Å². The zero-order valence-electron chi connectivity index (χ0n) is 8.36. The smallest absolute Gasteiger partial charge is 0.340 e. The Bertz CT molecular complexity index is 424. The zero-order valence-corrected chi connectivity index (χ0v) is 8.36. The first-order valence-corrected chi connectivity index (χ1v) is 4.18. The molecule has 0 bridgehead atoms. The Labute approximate surface area is 87.5 Å². The Hall–Kier alpha value is -2.10. The van der Waals surface area contributed by atoms with Gasteiger partial charge in [0.1, 0.15) is 5.76 Å². The fourth-order valence-electron chi connectivity index (χ4n) is 1.22. The highest BCUT2D eigenvalue weighted by molar-refractivity contribution is 5.97. The molecule has 1 rings (SSSR count). The van der Waals surface area contributed by atoms with Gasteiger partial charge in [-0.15, -0.1) is 0 Å². The van der Waals surface area contributed by atoms with Gasteiger partial charge in [-0.05, 0) is 18.9 Å². The van der Waals surface area contributed by atoms with Crippen molar-refractivity contribution in [3.63, 3.8) is 0 Å². The number of nitrogens with zero attached hydrogens (tertiary/aromatic N) is 1. The molecule has 0 aliphatic heterocycles. The van der Waals surface area contributed by atoms with E-state index < -0.39 is 5.97 Å². The van der Waals surface area contributed by atoms with Crippen LogP contribution in [-0.2, 0) is 4.74 Å². The second-order valence-electron chi connectivity index (χ2n) is 2.80. The number of aliphatic imine (C=N–C) groups is 1. The number of methoxy groups -OCH3 is 1. The number of rotatable bonds is 3. The molecular formula is C11H11NO3. The lowest BCUT2D eigenvalue weighted by atomic mass is 10.1. The van der Waals surface area contributed by atoms with E-state index >= 15 is 0 Å². The number of carbonyl (C=O) groups is 1. The van der Waals surface area contributed by atoms with E-state index in [0.29, 0.717) is 5.56 Å². The summed E-state index contributed by atoms with van der Waals surface area (Å²) in [6.07, 6.45) is 0. The van der Waals surface area contributed by atoms with Crippen LogP contribution in [0.1, 0.15) is 15.9 Å². The lowest BCUT2D eigenvalue weighted by molar-refractivity contribution is 0.0601. The van der Waals surface area contributed by atoms with Crippen LogP contribution in [0, 0.1) is 0 Å². The monoisotopic (exact) mass is 205 g/mol. The lowest BCUT2D eigenvalue weighted by Crippen LogP contribution is -2.02. The van der Waals surface area contributed by atoms with Gasteiger partial charge in [0.25, 0.3) is 0 Å². The normalized spacial score (nSPS) is 9.40. The third-order valence-electron chi connectivity index (χ3n) is 1.91. The molecule has 0 atom stereocenters. The van der Waals surface area contributed by atoms with E-state index in [0.717, 1.165) is 0 Å². The average molecular weight is 205 g/mol. The van der Waals surface area contributed by atoms with Crippen molar-refractivity contribution in [1.82, 2.24) is 0 Å². The van der Waals surface area contributed by atoms with Crippen LogP contribution in [0.2, 0.25) is 0 Å². The minimum absolute atomic E-state index is 0.164. The first-order chi connectivity index (χ1) is 7.11. The summed E-state index contributed by atoms with van der Waals surface area (Å²) in [5.41, 5.74) is 0.893. The summed E-state index contributed by atoms with van der Waals surface area (Å²) in [5, 5.41) is 9.28. The van der Waals surface area contributed by atoms with Crippen LogP contribution in [0.3, 0.4) is 0 Å². The van der Waals surface area contributed by atoms with Gasteiger partial charge in [0.15, 0.2) is 0 Å². The summed E-state index contributed by atoms with van der Waals surface area (Å²) in [6.45, 7) is 6.72. The highest BCUT2D eigenvalue weighted by atomic mass is 16.5. The first-order valence-electron chi connectivity index (χ1n) is 4.18. The number of hydrogen-bond donors (Lipinski definition) is 1. The van der Waals surface area contributed by atoms with E-state index in [1.54, 1.807) is 18.2 Å². The number of para-hydroxylation sites is 1. The minimum atomic E-state index is -0.527. The summed E-state index contributed by atoms with van der Waals surface area (Å²) >= 11 is 0. The number of esters is 1. The van der Waals surface area contributed by atoms with Crippen molar-refractivity contribution in [2.24, 2.45) is 4.99 Å². The summed E-state index contributed by atoms with van der Waals surface area (Å²) in [5.74, 6) is -0.691. The molecule has 0 fully saturated rings. The molecule has 78 valence electrons. The number of hydrogen-bond acceptors (Lipinski definition) is 4. The number of ether oxygens (including phenoxy) is 1.